The molecule has 2 nitrogen and oxygen atoms in total. The Labute approximate surface area is 86.4 Å². The molecule has 4 heteroatoms. The number of fused-ring (bicyclic) bond motifs is 1. The zero-order valence-corrected chi connectivity index (χ0v) is 8.57. The van der Waals surface area contributed by atoms with Gasteiger partial charge in [-0.1, -0.05) is 17.7 Å². The summed E-state index contributed by atoms with van der Waals surface area (Å²) >= 11 is 7.90. The molecular weight excluding hydrogens is 206 g/mol. The highest BCUT2D eigenvalue weighted by Crippen LogP contribution is 2.42. The SMILES string of the molecule is NOCC1CSc2cccc(Cl)c21. The summed E-state index contributed by atoms with van der Waals surface area (Å²) in [6.07, 6.45) is 0. The van der Waals surface area contributed by atoms with Gasteiger partial charge in [0, 0.05) is 21.6 Å². The Bertz CT molecular complexity index is 316. The summed E-state index contributed by atoms with van der Waals surface area (Å²) in [7, 11) is 0. The molecule has 70 valence electrons. The lowest BCUT2D eigenvalue weighted by Crippen LogP contribution is -2.11. The molecule has 2 rings (SSSR count). The highest BCUT2D eigenvalue weighted by molar-refractivity contribution is 7.99. The Hall–Kier alpha value is -0.220. The molecule has 1 aromatic rings. The smallest absolute Gasteiger partial charge is 0.0756 e. The molecule has 1 aliphatic heterocycles. The van der Waals surface area contributed by atoms with E-state index in [1.807, 2.05) is 23.9 Å². The number of hydrogen-bond acceptors (Lipinski definition) is 3. The summed E-state index contributed by atoms with van der Waals surface area (Å²) in [5.41, 5.74) is 1.19. The molecule has 0 bridgehead atoms. The fraction of sp³-hybridized carbons (Fsp3) is 0.333. The monoisotopic (exact) mass is 215 g/mol. The van der Waals surface area contributed by atoms with Crippen molar-refractivity contribution in [2.24, 2.45) is 5.90 Å². The average molecular weight is 216 g/mol. The molecular formula is C9H10ClNOS. The van der Waals surface area contributed by atoms with E-state index >= 15 is 0 Å². The summed E-state index contributed by atoms with van der Waals surface area (Å²) in [5, 5.41) is 0.824. The van der Waals surface area contributed by atoms with E-state index in [1.54, 1.807) is 0 Å². The van der Waals surface area contributed by atoms with Crippen molar-refractivity contribution < 1.29 is 4.84 Å². The minimum Gasteiger partial charge on any atom is -0.304 e. The lowest BCUT2D eigenvalue weighted by molar-refractivity contribution is 0.128. The molecule has 13 heavy (non-hydrogen) atoms. The van der Waals surface area contributed by atoms with Crippen molar-refractivity contribution in [1.29, 1.82) is 0 Å². The van der Waals surface area contributed by atoms with Crippen molar-refractivity contribution in [3.63, 3.8) is 0 Å². The van der Waals surface area contributed by atoms with Crippen LogP contribution in [-0.4, -0.2) is 12.4 Å². The summed E-state index contributed by atoms with van der Waals surface area (Å²) in [4.78, 5) is 5.92. The van der Waals surface area contributed by atoms with Crippen molar-refractivity contribution in [2.75, 3.05) is 12.4 Å². The Kier molecular flexibility index (Phi) is 2.79. The highest BCUT2D eigenvalue weighted by atomic mass is 35.5. The van der Waals surface area contributed by atoms with Crippen LogP contribution in [0.3, 0.4) is 0 Å². The van der Waals surface area contributed by atoms with Crippen LogP contribution in [0.1, 0.15) is 11.5 Å². The Morgan fingerprint density at radius 2 is 2.46 bits per heavy atom. The standard InChI is InChI=1S/C9H10ClNOS/c10-7-2-1-3-8-9(7)6(4-12-11)5-13-8/h1-3,6H,4-5,11H2. The van der Waals surface area contributed by atoms with Crippen LogP contribution in [0, 0.1) is 0 Å². The Morgan fingerprint density at radius 1 is 1.62 bits per heavy atom. The van der Waals surface area contributed by atoms with Gasteiger partial charge in [0.2, 0.25) is 0 Å². The molecule has 0 radical (unpaired) electrons. The van der Waals surface area contributed by atoms with Gasteiger partial charge in [0.05, 0.1) is 6.61 Å². The van der Waals surface area contributed by atoms with Crippen LogP contribution in [0.4, 0.5) is 0 Å². The van der Waals surface area contributed by atoms with Crippen molar-refractivity contribution in [1.82, 2.24) is 0 Å². The third-order valence-electron chi connectivity index (χ3n) is 2.16. The van der Waals surface area contributed by atoms with E-state index in [9.17, 15) is 0 Å². The fourth-order valence-electron chi connectivity index (χ4n) is 1.56. The molecule has 0 aromatic heterocycles. The van der Waals surface area contributed by atoms with E-state index in [1.165, 1.54) is 10.5 Å². The maximum Gasteiger partial charge on any atom is 0.0756 e. The summed E-state index contributed by atoms with van der Waals surface area (Å²) in [6.45, 7) is 0.545. The molecule has 2 N–H and O–H groups in total. The molecule has 0 saturated carbocycles. The van der Waals surface area contributed by atoms with E-state index in [4.69, 9.17) is 17.5 Å². The molecule has 1 aliphatic rings. The van der Waals surface area contributed by atoms with Crippen molar-refractivity contribution in [2.45, 2.75) is 10.8 Å². The predicted molar refractivity (Wildman–Crippen MR) is 55.1 cm³/mol. The van der Waals surface area contributed by atoms with Crippen LogP contribution >= 0.6 is 23.4 Å². The van der Waals surface area contributed by atoms with Gasteiger partial charge < -0.3 is 4.84 Å². The maximum absolute atomic E-state index is 6.09. The second-order valence-electron chi connectivity index (χ2n) is 2.99. The van der Waals surface area contributed by atoms with Crippen LogP contribution in [0.15, 0.2) is 23.1 Å². The molecule has 1 atom stereocenters. The van der Waals surface area contributed by atoms with Crippen molar-refractivity contribution >= 4 is 23.4 Å². The maximum atomic E-state index is 6.09. The second-order valence-corrected chi connectivity index (χ2v) is 4.46. The van der Waals surface area contributed by atoms with Gasteiger partial charge in [-0.15, -0.1) is 11.8 Å². The number of halogens is 1. The first-order chi connectivity index (χ1) is 6.33. The molecule has 0 amide bonds. The zero-order valence-electron chi connectivity index (χ0n) is 7.00. The third-order valence-corrected chi connectivity index (χ3v) is 3.72. The van der Waals surface area contributed by atoms with E-state index < -0.39 is 0 Å². The third kappa shape index (κ3) is 1.70. The molecule has 0 aliphatic carbocycles. The minimum atomic E-state index is 0.346. The second kappa shape index (κ2) is 3.88. The first kappa shape index (κ1) is 9.34. The number of hydrogen-bond donors (Lipinski definition) is 1. The molecule has 0 spiro atoms. The first-order valence-corrected chi connectivity index (χ1v) is 5.42. The van der Waals surface area contributed by atoms with Crippen LogP contribution in [-0.2, 0) is 4.84 Å². The van der Waals surface area contributed by atoms with Gasteiger partial charge >= 0.3 is 0 Å². The largest absolute Gasteiger partial charge is 0.304 e. The van der Waals surface area contributed by atoms with Gasteiger partial charge in [-0.2, -0.15) is 0 Å². The van der Waals surface area contributed by atoms with Gasteiger partial charge in [-0.25, -0.2) is 5.90 Å². The number of thioether (sulfide) groups is 1. The quantitative estimate of drug-likeness (QED) is 0.770. The molecule has 1 aromatic carbocycles. The van der Waals surface area contributed by atoms with Crippen LogP contribution < -0.4 is 5.90 Å². The van der Waals surface area contributed by atoms with Crippen molar-refractivity contribution in [3.05, 3.63) is 28.8 Å². The summed E-state index contributed by atoms with van der Waals surface area (Å²) in [6, 6.07) is 5.97. The summed E-state index contributed by atoms with van der Waals surface area (Å²) in [5.74, 6) is 6.42. The van der Waals surface area contributed by atoms with Gasteiger partial charge in [-0.05, 0) is 17.7 Å². The number of benzene rings is 1. The van der Waals surface area contributed by atoms with Crippen LogP contribution in [0.25, 0.3) is 0 Å². The Balaban J connectivity index is 2.34. The molecule has 0 fully saturated rings. The number of rotatable bonds is 2. The highest BCUT2D eigenvalue weighted by Gasteiger charge is 2.25. The van der Waals surface area contributed by atoms with Crippen LogP contribution in [0.2, 0.25) is 5.02 Å². The van der Waals surface area contributed by atoms with E-state index in [-0.39, 0.29) is 0 Å². The predicted octanol–water partition coefficient (Wildman–Crippen LogP) is 2.42. The van der Waals surface area contributed by atoms with E-state index in [0.717, 1.165) is 10.8 Å². The van der Waals surface area contributed by atoms with E-state index in [2.05, 4.69) is 10.9 Å². The lowest BCUT2D eigenvalue weighted by atomic mass is 10.0. The molecule has 0 saturated heterocycles. The molecule has 1 unspecified atom stereocenters. The van der Waals surface area contributed by atoms with E-state index in [0.29, 0.717) is 12.5 Å². The van der Waals surface area contributed by atoms with Gasteiger partial charge in [-0.3, -0.25) is 0 Å². The molecule has 1 heterocycles. The number of nitrogens with two attached hydrogens (primary N) is 1. The fourth-order valence-corrected chi connectivity index (χ4v) is 3.20. The lowest BCUT2D eigenvalue weighted by Gasteiger charge is -2.09. The van der Waals surface area contributed by atoms with Gasteiger partial charge in [0.1, 0.15) is 0 Å². The van der Waals surface area contributed by atoms with Crippen molar-refractivity contribution in [3.8, 4) is 0 Å². The normalized spacial score (nSPS) is 20.3. The average Bonchev–Trinajstić information content (AvgIpc) is 2.51. The van der Waals surface area contributed by atoms with Gasteiger partial charge in [0.25, 0.3) is 0 Å². The topological polar surface area (TPSA) is 35.2 Å². The van der Waals surface area contributed by atoms with Gasteiger partial charge in [0.15, 0.2) is 0 Å². The zero-order chi connectivity index (χ0) is 9.26. The van der Waals surface area contributed by atoms with Crippen LogP contribution in [0.5, 0.6) is 0 Å². The minimum absolute atomic E-state index is 0.346. The Morgan fingerprint density at radius 3 is 3.23 bits per heavy atom. The summed E-state index contributed by atoms with van der Waals surface area (Å²) < 4.78 is 0. The first-order valence-electron chi connectivity index (χ1n) is 4.06.